The summed E-state index contributed by atoms with van der Waals surface area (Å²) in [6.45, 7) is 10.4. The standard InChI is InChI=1S/C27H38N2O2/c1-4-29(5-2)20-9-21-31-25-16-14-24(15-17-25)28-26(30)27(18-7-6-8-19-27)23-12-10-22(3)11-13-23/h10-17H,4-9,18-21H2,1-3H3,(H,28,30). The van der Waals surface area contributed by atoms with Crippen molar-refractivity contribution in [2.24, 2.45) is 0 Å². The van der Waals surface area contributed by atoms with Crippen LogP contribution in [0.3, 0.4) is 0 Å². The van der Waals surface area contributed by atoms with Gasteiger partial charge >= 0.3 is 0 Å². The van der Waals surface area contributed by atoms with Gasteiger partial charge in [0, 0.05) is 12.2 Å². The minimum Gasteiger partial charge on any atom is -0.494 e. The van der Waals surface area contributed by atoms with Gasteiger partial charge in [0.1, 0.15) is 5.75 Å². The van der Waals surface area contributed by atoms with Crippen LogP contribution >= 0.6 is 0 Å². The monoisotopic (exact) mass is 422 g/mol. The molecule has 168 valence electrons. The van der Waals surface area contributed by atoms with Crippen molar-refractivity contribution in [3.8, 4) is 5.75 Å². The smallest absolute Gasteiger partial charge is 0.235 e. The summed E-state index contributed by atoms with van der Waals surface area (Å²) in [6, 6.07) is 16.3. The first-order chi connectivity index (χ1) is 15.1. The van der Waals surface area contributed by atoms with E-state index < -0.39 is 5.41 Å². The maximum Gasteiger partial charge on any atom is 0.235 e. The molecule has 4 heteroatoms. The van der Waals surface area contributed by atoms with Crippen molar-refractivity contribution in [3.05, 3.63) is 59.7 Å². The number of nitrogens with zero attached hydrogens (tertiary/aromatic N) is 1. The summed E-state index contributed by atoms with van der Waals surface area (Å²) >= 11 is 0. The Morgan fingerprint density at radius 2 is 1.61 bits per heavy atom. The van der Waals surface area contributed by atoms with Crippen molar-refractivity contribution in [1.29, 1.82) is 0 Å². The van der Waals surface area contributed by atoms with Gasteiger partial charge in [-0.3, -0.25) is 4.79 Å². The van der Waals surface area contributed by atoms with E-state index in [1.54, 1.807) is 0 Å². The van der Waals surface area contributed by atoms with Crippen LogP contribution in [-0.2, 0) is 10.2 Å². The number of amides is 1. The third kappa shape index (κ3) is 6.10. The molecule has 0 aromatic heterocycles. The lowest BCUT2D eigenvalue weighted by Gasteiger charge is -2.36. The topological polar surface area (TPSA) is 41.6 Å². The second-order valence-electron chi connectivity index (χ2n) is 8.72. The van der Waals surface area contributed by atoms with Crippen molar-refractivity contribution in [3.63, 3.8) is 0 Å². The van der Waals surface area contributed by atoms with Crippen molar-refractivity contribution in [2.45, 2.75) is 64.7 Å². The molecule has 3 rings (SSSR count). The first kappa shape index (κ1) is 23.3. The van der Waals surface area contributed by atoms with Crippen molar-refractivity contribution in [2.75, 3.05) is 31.6 Å². The third-order valence-electron chi connectivity index (χ3n) is 6.64. The molecule has 0 bridgehead atoms. The number of rotatable bonds is 10. The van der Waals surface area contributed by atoms with Crippen LogP contribution in [0.5, 0.6) is 5.75 Å². The molecule has 1 N–H and O–H groups in total. The molecule has 2 aromatic rings. The molecule has 0 atom stereocenters. The number of hydrogen-bond donors (Lipinski definition) is 1. The van der Waals surface area contributed by atoms with Crippen LogP contribution in [0.15, 0.2) is 48.5 Å². The van der Waals surface area contributed by atoms with E-state index in [2.05, 4.69) is 55.3 Å². The second-order valence-corrected chi connectivity index (χ2v) is 8.72. The highest BCUT2D eigenvalue weighted by molar-refractivity contribution is 5.99. The number of anilines is 1. The number of carbonyl (C=O) groups is 1. The van der Waals surface area contributed by atoms with E-state index in [-0.39, 0.29) is 5.91 Å². The highest BCUT2D eigenvalue weighted by Crippen LogP contribution is 2.40. The van der Waals surface area contributed by atoms with Gasteiger partial charge in [0.2, 0.25) is 5.91 Å². The fourth-order valence-electron chi connectivity index (χ4n) is 4.58. The molecule has 1 saturated carbocycles. The predicted molar refractivity (Wildman–Crippen MR) is 129 cm³/mol. The minimum atomic E-state index is -0.425. The molecule has 2 aromatic carbocycles. The fraction of sp³-hybridized carbons (Fsp3) is 0.519. The third-order valence-corrected chi connectivity index (χ3v) is 6.64. The van der Waals surface area contributed by atoms with Crippen LogP contribution < -0.4 is 10.1 Å². The number of ether oxygens (including phenoxy) is 1. The maximum absolute atomic E-state index is 13.4. The van der Waals surface area contributed by atoms with Crippen molar-refractivity contribution >= 4 is 11.6 Å². The Hall–Kier alpha value is -2.33. The summed E-state index contributed by atoms with van der Waals surface area (Å²) in [5.41, 5.74) is 2.77. The van der Waals surface area contributed by atoms with Crippen LogP contribution in [0.1, 0.15) is 63.5 Å². The number of nitrogens with one attached hydrogen (secondary N) is 1. The van der Waals surface area contributed by atoms with Gasteiger partial charge in [0.05, 0.1) is 12.0 Å². The van der Waals surface area contributed by atoms with E-state index in [9.17, 15) is 4.79 Å². The zero-order chi connectivity index (χ0) is 22.1. The molecule has 0 heterocycles. The molecule has 1 aliphatic rings. The molecule has 1 fully saturated rings. The lowest BCUT2D eigenvalue weighted by atomic mass is 9.68. The van der Waals surface area contributed by atoms with Crippen molar-refractivity contribution in [1.82, 2.24) is 4.90 Å². The Morgan fingerprint density at radius 1 is 0.968 bits per heavy atom. The fourth-order valence-corrected chi connectivity index (χ4v) is 4.58. The van der Waals surface area contributed by atoms with Crippen LogP contribution in [0.25, 0.3) is 0 Å². The van der Waals surface area contributed by atoms with Crippen LogP contribution in [-0.4, -0.2) is 37.0 Å². The Kier molecular flexibility index (Phi) is 8.53. The van der Waals surface area contributed by atoms with Gasteiger partial charge in [-0.1, -0.05) is 62.9 Å². The maximum atomic E-state index is 13.4. The number of hydrogen-bond acceptors (Lipinski definition) is 3. The van der Waals surface area contributed by atoms with E-state index in [0.717, 1.165) is 68.7 Å². The van der Waals surface area contributed by atoms with Crippen molar-refractivity contribution < 1.29 is 9.53 Å². The number of benzene rings is 2. The largest absolute Gasteiger partial charge is 0.494 e. The van der Waals surface area contributed by atoms with Gasteiger partial charge in [-0.05, 0) is 69.1 Å². The molecular weight excluding hydrogens is 384 g/mol. The molecule has 1 aliphatic carbocycles. The summed E-state index contributed by atoms with van der Waals surface area (Å²) in [7, 11) is 0. The summed E-state index contributed by atoms with van der Waals surface area (Å²) in [6.07, 6.45) is 6.24. The van der Waals surface area contributed by atoms with E-state index >= 15 is 0 Å². The van der Waals surface area contributed by atoms with Gasteiger partial charge in [-0.15, -0.1) is 0 Å². The molecule has 0 radical (unpaired) electrons. The molecule has 0 spiro atoms. The minimum absolute atomic E-state index is 0.115. The van der Waals surface area contributed by atoms with E-state index in [4.69, 9.17) is 4.74 Å². The summed E-state index contributed by atoms with van der Waals surface area (Å²) in [5.74, 6) is 0.965. The summed E-state index contributed by atoms with van der Waals surface area (Å²) in [5, 5.41) is 3.19. The zero-order valence-corrected chi connectivity index (χ0v) is 19.5. The zero-order valence-electron chi connectivity index (χ0n) is 19.5. The first-order valence-electron chi connectivity index (χ1n) is 11.9. The van der Waals surface area contributed by atoms with Gasteiger partial charge in [0.25, 0.3) is 0 Å². The summed E-state index contributed by atoms with van der Waals surface area (Å²) < 4.78 is 5.88. The van der Waals surface area contributed by atoms with E-state index in [0.29, 0.717) is 6.61 Å². The Labute approximate surface area is 188 Å². The first-order valence-corrected chi connectivity index (χ1v) is 11.9. The predicted octanol–water partition coefficient (Wildman–Crippen LogP) is 5.95. The van der Waals surface area contributed by atoms with E-state index in [1.165, 1.54) is 12.0 Å². The Bertz CT molecular complexity index is 804. The molecular formula is C27H38N2O2. The van der Waals surface area contributed by atoms with Crippen LogP contribution in [0, 0.1) is 6.92 Å². The SMILES string of the molecule is CCN(CC)CCCOc1ccc(NC(=O)C2(c3ccc(C)cc3)CCCCC2)cc1. The molecule has 4 nitrogen and oxygen atoms in total. The number of aryl methyl sites for hydroxylation is 1. The molecule has 31 heavy (non-hydrogen) atoms. The van der Waals surface area contributed by atoms with Gasteiger partial charge in [-0.2, -0.15) is 0 Å². The molecule has 1 amide bonds. The lowest BCUT2D eigenvalue weighted by molar-refractivity contribution is -0.122. The second kappa shape index (κ2) is 11.3. The van der Waals surface area contributed by atoms with Gasteiger partial charge in [-0.25, -0.2) is 0 Å². The van der Waals surface area contributed by atoms with Crippen LogP contribution in [0.4, 0.5) is 5.69 Å². The van der Waals surface area contributed by atoms with Crippen LogP contribution in [0.2, 0.25) is 0 Å². The summed E-state index contributed by atoms with van der Waals surface area (Å²) in [4.78, 5) is 15.8. The molecule has 0 unspecified atom stereocenters. The van der Waals surface area contributed by atoms with E-state index in [1.807, 2.05) is 24.3 Å². The average Bonchev–Trinajstić information content (AvgIpc) is 2.81. The van der Waals surface area contributed by atoms with Gasteiger partial charge < -0.3 is 15.0 Å². The quantitative estimate of drug-likeness (QED) is 0.481. The Morgan fingerprint density at radius 3 is 2.23 bits per heavy atom. The molecule has 0 aliphatic heterocycles. The Balaban J connectivity index is 1.60. The lowest BCUT2D eigenvalue weighted by Crippen LogP contribution is -2.42. The average molecular weight is 423 g/mol. The normalized spacial score (nSPS) is 15.6. The highest BCUT2D eigenvalue weighted by Gasteiger charge is 2.41. The highest BCUT2D eigenvalue weighted by atomic mass is 16.5. The number of carbonyl (C=O) groups excluding carboxylic acids is 1. The van der Waals surface area contributed by atoms with Gasteiger partial charge in [0.15, 0.2) is 0 Å². The molecule has 0 saturated heterocycles.